The monoisotopic (exact) mass is 351 g/mol. The fraction of sp³-hybridized carbons (Fsp3) is 0.438. The molecule has 128 valence electrons. The Morgan fingerprint density at radius 1 is 1.38 bits per heavy atom. The molecule has 1 saturated heterocycles. The molecule has 0 bridgehead atoms. The number of imidazole rings is 1. The largest absolute Gasteiger partial charge is 0.391 e. The van der Waals surface area contributed by atoms with E-state index in [1.165, 1.54) is 16.4 Å². The van der Waals surface area contributed by atoms with Crippen molar-refractivity contribution in [2.24, 2.45) is 5.92 Å². The number of halogens is 1. The Bertz CT molecular complexity index is 896. The fourth-order valence-electron chi connectivity index (χ4n) is 3.92. The summed E-state index contributed by atoms with van der Waals surface area (Å²) in [5.41, 5.74) is 2.56. The summed E-state index contributed by atoms with van der Waals surface area (Å²) in [6, 6.07) is 4.50. The molecule has 0 saturated carbocycles. The zero-order valence-electron chi connectivity index (χ0n) is 13.1. The lowest BCUT2D eigenvalue weighted by Gasteiger charge is -2.38. The number of piperidine rings is 1. The standard InChI is InChI=1S/C16H18FN3O3S/c1-24(22,23)19-5-4-12(15(21)8-19)16-11-3-2-10(17)6-13(11)14-7-18-9-20(14)16/h2-3,6-7,9,12,15-16,21H,4-5,8H2,1H3/t12-,15-,16?/m1/s1. The second-order valence-corrected chi connectivity index (χ2v) is 8.49. The predicted molar refractivity (Wildman–Crippen MR) is 86.3 cm³/mol. The van der Waals surface area contributed by atoms with Crippen LogP contribution in [0.15, 0.2) is 30.7 Å². The quantitative estimate of drug-likeness (QED) is 0.883. The molecule has 0 aliphatic carbocycles. The highest BCUT2D eigenvalue weighted by Gasteiger charge is 2.41. The van der Waals surface area contributed by atoms with Gasteiger partial charge in [0.05, 0.1) is 36.6 Å². The molecule has 2 aliphatic rings. The van der Waals surface area contributed by atoms with Gasteiger partial charge in [-0.05, 0) is 24.1 Å². The maximum absolute atomic E-state index is 13.6. The van der Waals surface area contributed by atoms with Crippen molar-refractivity contribution in [3.63, 3.8) is 0 Å². The lowest BCUT2D eigenvalue weighted by Crippen LogP contribution is -2.48. The molecule has 1 aromatic heterocycles. The van der Waals surface area contributed by atoms with Crippen LogP contribution in [0.5, 0.6) is 0 Å². The molecule has 3 atom stereocenters. The molecule has 0 spiro atoms. The maximum atomic E-state index is 13.6. The SMILES string of the molecule is CS(=O)(=O)N1CC[C@@H](C2c3ccc(F)cc3-c3cncn32)[C@H](O)C1. The summed E-state index contributed by atoms with van der Waals surface area (Å²) in [6.45, 7) is 0.457. The molecule has 1 N–H and O–H groups in total. The van der Waals surface area contributed by atoms with Crippen molar-refractivity contribution in [1.29, 1.82) is 0 Å². The smallest absolute Gasteiger partial charge is 0.211 e. The van der Waals surface area contributed by atoms with Crippen molar-refractivity contribution >= 4 is 10.0 Å². The number of benzene rings is 1. The van der Waals surface area contributed by atoms with Gasteiger partial charge in [-0.15, -0.1) is 0 Å². The van der Waals surface area contributed by atoms with Crippen LogP contribution in [0.4, 0.5) is 4.39 Å². The molecule has 2 aliphatic heterocycles. The Balaban J connectivity index is 1.71. The van der Waals surface area contributed by atoms with Crippen LogP contribution < -0.4 is 0 Å². The van der Waals surface area contributed by atoms with Crippen molar-refractivity contribution in [1.82, 2.24) is 13.9 Å². The van der Waals surface area contributed by atoms with Crippen LogP contribution >= 0.6 is 0 Å². The van der Waals surface area contributed by atoms with Crippen molar-refractivity contribution in [3.05, 3.63) is 42.1 Å². The molecule has 0 amide bonds. The first-order chi connectivity index (χ1) is 11.4. The summed E-state index contributed by atoms with van der Waals surface area (Å²) in [5, 5.41) is 10.6. The third kappa shape index (κ3) is 2.37. The second kappa shape index (κ2) is 5.37. The third-order valence-corrected chi connectivity index (χ3v) is 6.32. The van der Waals surface area contributed by atoms with E-state index in [2.05, 4.69) is 4.98 Å². The number of sulfonamides is 1. The summed E-state index contributed by atoms with van der Waals surface area (Å²) in [4.78, 5) is 4.15. The van der Waals surface area contributed by atoms with Gasteiger partial charge in [-0.3, -0.25) is 0 Å². The van der Waals surface area contributed by atoms with E-state index >= 15 is 0 Å². The molecule has 0 radical (unpaired) electrons. The van der Waals surface area contributed by atoms with Gasteiger partial charge in [-0.25, -0.2) is 17.8 Å². The Labute approximate surface area is 139 Å². The minimum absolute atomic E-state index is 0.0839. The molecule has 2 aromatic rings. The number of aromatic nitrogens is 2. The number of aliphatic hydroxyl groups excluding tert-OH is 1. The van der Waals surface area contributed by atoms with Gasteiger partial charge in [0.1, 0.15) is 5.82 Å². The average molecular weight is 351 g/mol. The Kier molecular flexibility index (Phi) is 3.52. The lowest BCUT2D eigenvalue weighted by atomic mass is 9.84. The number of hydrogen-bond donors (Lipinski definition) is 1. The van der Waals surface area contributed by atoms with E-state index in [-0.39, 0.29) is 24.3 Å². The fourth-order valence-corrected chi connectivity index (χ4v) is 4.78. The van der Waals surface area contributed by atoms with Crippen LogP contribution in [0, 0.1) is 11.7 Å². The highest BCUT2D eigenvalue weighted by molar-refractivity contribution is 7.88. The predicted octanol–water partition coefficient (Wildman–Crippen LogP) is 1.23. The zero-order chi connectivity index (χ0) is 17.1. The van der Waals surface area contributed by atoms with Gasteiger partial charge < -0.3 is 9.67 Å². The van der Waals surface area contributed by atoms with Crippen LogP contribution in [0.25, 0.3) is 11.3 Å². The van der Waals surface area contributed by atoms with Gasteiger partial charge in [0, 0.05) is 24.6 Å². The van der Waals surface area contributed by atoms with E-state index in [9.17, 15) is 17.9 Å². The van der Waals surface area contributed by atoms with E-state index in [1.807, 2.05) is 4.57 Å². The van der Waals surface area contributed by atoms with E-state index in [1.54, 1.807) is 18.6 Å². The minimum Gasteiger partial charge on any atom is -0.391 e. The van der Waals surface area contributed by atoms with Gasteiger partial charge in [-0.1, -0.05) is 6.07 Å². The van der Waals surface area contributed by atoms with E-state index in [0.717, 1.165) is 23.1 Å². The van der Waals surface area contributed by atoms with Crippen molar-refractivity contribution in [2.45, 2.75) is 18.6 Å². The summed E-state index contributed by atoms with van der Waals surface area (Å²) in [5.74, 6) is -0.461. The summed E-state index contributed by atoms with van der Waals surface area (Å²) in [7, 11) is -3.32. The van der Waals surface area contributed by atoms with Crippen LogP contribution in [0.1, 0.15) is 18.0 Å². The van der Waals surface area contributed by atoms with Gasteiger partial charge in [-0.2, -0.15) is 4.31 Å². The molecule has 3 heterocycles. The molecule has 1 unspecified atom stereocenters. The minimum atomic E-state index is -3.32. The van der Waals surface area contributed by atoms with Gasteiger partial charge in [0.2, 0.25) is 10.0 Å². The highest BCUT2D eigenvalue weighted by Crippen LogP contribution is 2.46. The van der Waals surface area contributed by atoms with Crippen LogP contribution in [-0.4, -0.2) is 52.8 Å². The van der Waals surface area contributed by atoms with E-state index in [0.29, 0.717) is 13.0 Å². The Hall–Kier alpha value is -1.77. The molecule has 1 aromatic carbocycles. The highest BCUT2D eigenvalue weighted by atomic mass is 32.2. The third-order valence-electron chi connectivity index (χ3n) is 5.05. The number of aliphatic hydroxyl groups is 1. The molecule has 24 heavy (non-hydrogen) atoms. The number of hydrogen-bond acceptors (Lipinski definition) is 4. The summed E-state index contributed by atoms with van der Waals surface area (Å²) < 4.78 is 40.3. The number of nitrogens with zero attached hydrogens (tertiary/aromatic N) is 3. The molecule has 1 fully saturated rings. The normalized spacial score (nSPS) is 27.0. The summed E-state index contributed by atoms with van der Waals surface area (Å²) in [6.07, 6.45) is 4.28. The summed E-state index contributed by atoms with van der Waals surface area (Å²) >= 11 is 0. The zero-order valence-corrected chi connectivity index (χ0v) is 13.9. The first kappa shape index (κ1) is 15.7. The maximum Gasteiger partial charge on any atom is 0.211 e. The van der Waals surface area contributed by atoms with Crippen molar-refractivity contribution in [2.75, 3.05) is 19.3 Å². The molecule has 4 rings (SSSR count). The van der Waals surface area contributed by atoms with E-state index < -0.39 is 16.1 Å². The van der Waals surface area contributed by atoms with Crippen LogP contribution in [0.2, 0.25) is 0 Å². The van der Waals surface area contributed by atoms with Crippen LogP contribution in [0.3, 0.4) is 0 Å². The average Bonchev–Trinajstić information content (AvgIpc) is 3.07. The topological polar surface area (TPSA) is 75.4 Å². The number of β-amino-alcohol motifs (C(OH)–C–C–N with tert-alkyl or cyclic N) is 1. The molecule has 8 heteroatoms. The second-order valence-electron chi connectivity index (χ2n) is 6.50. The molecular weight excluding hydrogens is 333 g/mol. The molecular formula is C16H18FN3O3S. The first-order valence-electron chi connectivity index (χ1n) is 7.81. The van der Waals surface area contributed by atoms with Gasteiger partial charge >= 0.3 is 0 Å². The first-order valence-corrected chi connectivity index (χ1v) is 9.66. The van der Waals surface area contributed by atoms with Crippen molar-refractivity contribution < 1.29 is 17.9 Å². The van der Waals surface area contributed by atoms with Gasteiger partial charge in [0.15, 0.2) is 0 Å². The molecule has 6 nitrogen and oxygen atoms in total. The number of fused-ring (bicyclic) bond motifs is 3. The Morgan fingerprint density at radius 2 is 2.17 bits per heavy atom. The van der Waals surface area contributed by atoms with Crippen molar-refractivity contribution in [3.8, 4) is 11.3 Å². The van der Waals surface area contributed by atoms with Gasteiger partial charge in [0.25, 0.3) is 0 Å². The van der Waals surface area contributed by atoms with Crippen LogP contribution in [-0.2, 0) is 10.0 Å². The van der Waals surface area contributed by atoms with E-state index in [4.69, 9.17) is 0 Å². The lowest BCUT2D eigenvalue weighted by molar-refractivity contribution is 0.0345. The Morgan fingerprint density at radius 3 is 2.88 bits per heavy atom. The number of rotatable bonds is 2.